The first-order chi connectivity index (χ1) is 15.2. The maximum absolute atomic E-state index is 11.7. The highest BCUT2D eigenvalue weighted by Gasteiger charge is 2.38. The molecule has 2 heterocycles. The highest BCUT2D eigenvalue weighted by Crippen LogP contribution is 2.23. The van der Waals surface area contributed by atoms with Crippen molar-refractivity contribution in [1.82, 2.24) is 19.7 Å². The summed E-state index contributed by atoms with van der Waals surface area (Å²) in [5, 5.41) is 17.8. The van der Waals surface area contributed by atoms with Crippen LogP contribution in [0.4, 0.5) is 36.4 Å². The number of hydrogen-bond acceptors (Lipinski definition) is 8. The summed E-state index contributed by atoms with van der Waals surface area (Å²) in [5.41, 5.74) is 2.58. The summed E-state index contributed by atoms with van der Waals surface area (Å²) in [4.78, 5) is 17.7. The Morgan fingerprint density at radius 3 is 2.30 bits per heavy atom. The molecule has 3 rings (SSSR count). The number of hydrogen-bond donors (Lipinski definition) is 3. The number of halogens is 3. The van der Waals surface area contributed by atoms with Gasteiger partial charge in [-0.1, -0.05) is 6.07 Å². The largest absolute Gasteiger partial charge is 0.490 e. The van der Waals surface area contributed by atoms with Crippen LogP contribution in [0, 0.1) is 13.8 Å². The van der Waals surface area contributed by atoms with Gasteiger partial charge in [-0.05, 0) is 38.1 Å². The lowest BCUT2D eigenvalue weighted by Crippen LogP contribution is -2.21. The van der Waals surface area contributed by atoms with Gasteiger partial charge in [-0.25, -0.2) is 18.2 Å². The summed E-state index contributed by atoms with van der Waals surface area (Å²) in [6.45, 7) is 3.93. The van der Waals surface area contributed by atoms with Gasteiger partial charge >= 0.3 is 12.1 Å². The number of rotatable bonds is 5. The zero-order chi connectivity index (χ0) is 25.0. The summed E-state index contributed by atoms with van der Waals surface area (Å²) in [6.07, 6.45) is -2.29. The zero-order valence-electron chi connectivity index (χ0n) is 18.0. The molecule has 0 radical (unpaired) electrons. The van der Waals surface area contributed by atoms with Crippen LogP contribution in [0.1, 0.15) is 11.3 Å². The second-order valence-electron chi connectivity index (χ2n) is 6.80. The van der Waals surface area contributed by atoms with E-state index in [0.29, 0.717) is 17.5 Å². The van der Waals surface area contributed by atoms with Gasteiger partial charge in [0.2, 0.25) is 5.95 Å². The van der Waals surface area contributed by atoms with Crippen molar-refractivity contribution in [3.63, 3.8) is 0 Å². The molecule has 0 fully saturated rings. The number of carboxylic acid groups (broad SMARTS) is 1. The third-order valence-corrected chi connectivity index (χ3v) is 5.29. The van der Waals surface area contributed by atoms with Gasteiger partial charge in [0, 0.05) is 30.8 Å². The molecule has 0 saturated carbocycles. The molecule has 0 bridgehead atoms. The van der Waals surface area contributed by atoms with Crippen LogP contribution in [0.15, 0.2) is 41.4 Å². The Balaban J connectivity index is 0.000000479. The maximum atomic E-state index is 11.7. The van der Waals surface area contributed by atoms with E-state index in [1.54, 1.807) is 41.2 Å². The van der Waals surface area contributed by atoms with E-state index in [1.807, 2.05) is 20.9 Å². The standard InChI is InChI=1S/C17H20N6O2S.C2HF3O2/c1-11-12(2)22-23(3)16(11)20-15-8-9-18-17(21-15)19-13-6-5-7-14(10-13)26(4,24)25;3-2(4,5)1(6)7/h5-10H,1-4H3,(H2,18,19,20,21);(H,6,7). The zero-order valence-corrected chi connectivity index (χ0v) is 18.8. The number of benzene rings is 1. The predicted octanol–water partition coefficient (Wildman–Crippen LogP) is 3.35. The molecule has 0 aliphatic carbocycles. The first-order valence-electron chi connectivity index (χ1n) is 9.16. The Hall–Kier alpha value is -3.68. The lowest BCUT2D eigenvalue weighted by atomic mass is 10.3. The van der Waals surface area contributed by atoms with Crippen LogP contribution in [0.3, 0.4) is 0 Å². The molecular formula is C19H21F3N6O4S. The fourth-order valence-corrected chi connectivity index (χ4v) is 3.15. The fourth-order valence-electron chi connectivity index (χ4n) is 2.48. The number of aromatic nitrogens is 4. The van der Waals surface area contributed by atoms with Crippen molar-refractivity contribution >= 4 is 39.1 Å². The van der Waals surface area contributed by atoms with Crippen molar-refractivity contribution in [3.8, 4) is 0 Å². The number of aliphatic carboxylic acids is 1. The Labute approximate surface area is 187 Å². The van der Waals surface area contributed by atoms with Crippen LogP contribution in [-0.4, -0.2) is 51.7 Å². The molecule has 0 atom stereocenters. The number of nitrogens with one attached hydrogen (secondary N) is 2. The van der Waals surface area contributed by atoms with Gasteiger partial charge in [-0.3, -0.25) is 4.68 Å². The molecule has 0 saturated heterocycles. The smallest absolute Gasteiger partial charge is 0.475 e. The first kappa shape index (κ1) is 25.6. The Morgan fingerprint density at radius 1 is 1.15 bits per heavy atom. The topological polar surface area (TPSA) is 139 Å². The van der Waals surface area contributed by atoms with E-state index in [4.69, 9.17) is 9.90 Å². The van der Waals surface area contributed by atoms with Crippen molar-refractivity contribution in [1.29, 1.82) is 0 Å². The Bertz CT molecular complexity index is 1260. The molecule has 0 spiro atoms. The molecule has 2 aromatic heterocycles. The summed E-state index contributed by atoms with van der Waals surface area (Å²) < 4.78 is 56.9. The van der Waals surface area contributed by atoms with Crippen LogP contribution >= 0.6 is 0 Å². The third kappa shape index (κ3) is 7.17. The van der Waals surface area contributed by atoms with Crippen LogP contribution in [0.5, 0.6) is 0 Å². The Morgan fingerprint density at radius 2 is 1.79 bits per heavy atom. The molecule has 3 aromatic rings. The van der Waals surface area contributed by atoms with E-state index in [0.717, 1.165) is 17.1 Å². The number of nitrogens with zero attached hydrogens (tertiary/aromatic N) is 4. The lowest BCUT2D eigenvalue weighted by Gasteiger charge is -2.10. The second kappa shape index (κ2) is 9.85. The third-order valence-electron chi connectivity index (χ3n) is 4.18. The molecule has 0 aliphatic heterocycles. The van der Waals surface area contributed by atoms with Gasteiger partial charge in [-0.15, -0.1) is 0 Å². The van der Waals surface area contributed by atoms with Crippen LogP contribution < -0.4 is 10.6 Å². The minimum Gasteiger partial charge on any atom is -0.475 e. The molecule has 0 unspecified atom stereocenters. The van der Waals surface area contributed by atoms with Gasteiger partial charge in [0.1, 0.15) is 11.6 Å². The average molecular weight is 486 g/mol. The van der Waals surface area contributed by atoms with Gasteiger partial charge < -0.3 is 15.7 Å². The number of carboxylic acids is 1. The molecule has 1 aromatic carbocycles. The van der Waals surface area contributed by atoms with Crippen LogP contribution in [0.25, 0.3) is 0 Å². The molecule has 10 nitrogen and oxygen atoms in total. The quantitative estimate of drug-likeness (QED) is 0.495. The molecule has 0 amide bonds. The molecule has 33 heavy (non-hydrogen) atoms. The highest BCUT2D eigenvalue weighted by molar-refractivity contribution is 7.90. The normalized spacial score (nSPS) is 11.4. The summed E-state index contributed by atoms with van der Waals surface area (Å²) in [6, 6.07) is 8.27. The maximum Gasteiger partial charge on any atom is 0.490 e. The van der Waals surface area contributed by atoms with Crippen molar-refractivity contribution in [2.24, 2.45) is 7.05 Å². The summed E-state index contributed by atoms with van der Waals surface area (Å²) >= 11 is 0. The van der Waals surface area contributed by atoms with E-state index in [9.17, 15) is 21.6 Å². The van der Waals surface area contributed by atoms with Gasteiger partial charge in [0.25, 0.3) is 0 Å². The van der Waals surface area contributed by atoms with Crippen molar-refractivity contribution < 1.29 is 31.5 Å². The van der Waals surface area contributed by atoms with Crippen LogP contribution in [0.2, 0.25) is 0 Å². The number of alkyl halides is 3. The molecular weight excluding hydrogens is 465 g/mol. The highest BCUT2D eigenvalue weighted by atomic mass is 32.2. The second-order valence-corrected chi connectivity index (χ2v) is 8.82. The molecule has 14 heteroatoms. The summed E-state index contributed by atoms with van der Waals surface area (Å²) in [7, 11) is -1.42. The van der Waals surface area contributed by atoms with E-state index < -0.39 is 22.0 Å². The number of anilines is 4. The SMILES string of the molecule is Cc1nn(C)c(Nc2ccnc(Nc3cccc(S(C)(=O)=O)c3)n2)c1C.O=C(O)C(F)(F)F. The molecule has 0 aliphatic rings. The number of aryl methyl sites for hydroxylation is 2. The Kier molecular flexibility index (Phi) is 7.64. The van der Waals surface area contributed by atoms with Crippen LogP contribution in [-0.2, 0) is 21.7 Å². The van der Waals surface area contributed by atoms with Crippen molar-refractivity contribution in [3.05, 3.63) is 47.8 Å². The number of sulfone groups is 1. The van der Waals surface area contributed by atoms with E-state index in [-0.39, 0.29) is 4.90 Å². The monoisotopic (exact) mass is 486 g/mol. The minimum atomic E-state index is -5.08. The summed E-state index contributed by atoms with van der Waals surface area (Å²) in [5.74, 6) is -0.941. The van der Waals surface area contributed by atoms with Crippen molar-refractivity contribution in [2.45, 2.75) is 24.9 Å². The number of carbonyl (C=O) groups is 1. The molecule has 3 N–H and O–H groups in total. The van der Waals surface area contributed by atoms with Gasteiger partial charge in [0.05, 0.1) is 10.6 Å². The average Bonchev–Trinajstić information content (AvgIpc) is 2.94. The predicted molar refractivity (Wildman–Crippen MR) is 115 cm³/mol. The van der Waals surface area contributed by atoms with Gasteiger partial charge in [-0.2, -0.15) is 23.3 Å². The lowest BCUT2D eigenvalue weighted by molar-refractivity contribution is -0.192. The first-order valence-corrected chi connectivity index (χ1v) is 11.0. The van der Waals surface area contributed by atoms with Crippen molar-refractivity contribution in [2.75, 3.05) is 16.9 Å². The van der Waals surface area contributed by atoms with E-state index in [1.165, 1.54) is 6.26 Å². The molecule has 178 valence electrons. The van der Waals surface area contributed by atoms with Gasteiger partial charge in [0.15, 0.2) is 9.84 Å². The van der Waals surface area contributed by atoms with E-state index in [2.05, 4.69) is 25.7 Å². The fraction of sp³-hybridized carbons (Fsp3) is 0.263. The van der Waals surface area contributed by atoms with E-state index >= 15 is 0 Å². The minimum absolute atomic E-state index is 0.234.